The van der Waals surface area contributed by atoms with Crippen molar-refractivity contribution in [2.24, 2.45) is 0 Å². The second-order valence-corrected chi connectivity index (χ2v) is 6.89. The fourth-order valence-electron chi connectivity index (χ4n) is 1.65. The van der Waals surface area contributed by atoms with Crippen molar-refractivity contribution in [3.63, 3.8) is 0 Å². The summed E-state index contributed by atoms with van der Waals surface area (Å²) in [6.07, 6.45) is 0. The van der Waals surface area contributed by atoms with Crippen LogP contribution in [-0.2, 0) is 10.0 Å². The Morgan fingerprint density at radius 2 is 2.14 bits per heavy atom. The zero-order valence-corrected chi connectivity index (χ0v) is 14.0. The minimum Gasteiger partial charge on any atom is -0.496 e. The lowest BCUT2D eigenvalue weighted by Crippen LogP contribution is -2.27. The van der Waals surface area contributed by atoms with Gasteiger partial charge in [-0.3, -0.25) is 0 Å². The van der Waals surface area contributed by atoms with Gasteiger partial charge in [-0.15, -0.1) is 0 Å². The largest absolute Gasteiger partial charge is 0.496 e. The Bertz CT molecular complexity index is 745. The number of hydrogen-bond acceptors (Lipinski definition) is 6. The highest BCUT2D eigenvalue weighted by Crippen LogP contribution is 2.28. The molecule has 7 nitrogen and oxygen atoms in total. The highest BCUT2D eigenvalue weighted by molar-refractivity contribution is 9.10. The molecule has 1 unspecified atom stereocenters. The lowest BCUT2D eigenvalue weighted by atomic mass is 10.3. The second kappa shape index (κ2) is 6.12. The van der Waals surface area contributed by atoms with Crippen LogP contribution in [0, 0.1) is 6.92 Å². The molecular weight excluding hydrogens is 362 g/mol. The van der Waals surface area contributed by atoms with Gasteiger partial charge >= 0.3 is 0 Å². The molecule has 21 heavy (non-hydrogen) atoms. The normalized spacial score (nSPS) is 13.1. The first-order valence-electron chi connectivity index (χ1n) is 5.99. The molecule has 2 rings (SSSR count). The lowest BCUT2D eigenvalue weighted by molar-refractivity contribution is 0.351. The highest BCUT2D eigenvalue weighted by Gasteiger charge is 2.22. The summed E-state index contributed by atoms with van der Waals surface area (Å²) in [4.78, 5) is 4.11. The molecule has 0 aliphatic heterocycles. The number of nitrogens with one attached hydrogen (secondary N) is 1. The topological polar surface area (TPSA) is 94.3 Å². The van der Waals surface area contributed by atoms with Gasteiger partial charge in [0.15, 0.2) is 5.82 Å². The predicted octanol–water partition coefficient (Wildman–Crippen LogP) is 2.19. The Balaban J connectivity index is 2.24. The number of sulfonamides is 1. The van der Waals surface area contributed by atoms with Crippen LogP contribution in [0.5, 0.6) is 5.75 Å². The van der Waals surface area contributed by atoms with E-state index < -0.39 is 16.1 Å². The average molecular weight is 376 g/mol. The summed E-state index contributed by atoms with van der Waals surface area (Å²) in [6, 6.07) is 3.86. The van der Waals surface area contributed by atoms with Crippen LogP contribution in [0.3, 0.4) is 0 Å². The van der Waals surface area contributed by atoms with E-state index in [0.29, 0.717) is 16.0 Å². The summed E-state index contributed by atoms with van der Waals surface area (Å²) < 4.78 is 37.7. The van der Waals surface area contributed by atoms with Crippen molar-refractivity contribution < 1.29 is 17.7 Å². The van der Waals surface area contributed by atoms with Gasteiger partial charge in [-0.2, -0.15) is 9.71 Å². The number of nitrogens with zero attached hydrogens (tertiary/aromatic N) is 2. The van der Waals surface area contributed by atoms with E-state index in [2.05, 4.69) is 30.8 Å². The van der Waals surface area contributed by atoms with Crippen LogP contribution in [0.1, 0.15) is 24.7 Å². The van der Waals surface area contributed by atoms with Gasteiger partial charge in [-0.1, -0.05) is 5.16 Å². The number of ether oxygens (including phenoxy) is 1. The summed E-state index contributed by atoms with van der Waals surface area (Å²) in [7, 11) is -2.20. The molecule has 1 aromatic heterocycles. The minimum absolute atomic E-state index is 0.110. The molecule has 0 bridgehead atoms. The predicted molar refractivity (Wildman–Crippen MR) is 78.5 cm³/mol. The van der Waals surface area contributed by atoms with E-state index >= 15 is 0 Å². The Morgan fingerprint density at radius 1 is 1.43 bits per heavy atom. The van der Waals surface area contributed by atoms with Crippen molar-refractivity contribution in [3.8, 4) is 5.75 Å². The molecular formula is C12H14BrN3O4S. The molecule has 0 aliphatic carbocycles. The first-order chi connectivity index (χ1) is 9.83. The maximum Gasteiger partial charge on any atom is 0.244 e. The molecule has 2 aromatic rings. The number of methoxy groups -OCH3 is 1. The number of aryl methyl sites for hydroxylation is 1. The van der Waals surface area contributed by atoms with Crippen LogP contribution in [0.15, 0.2) is 32.1 Å². The summed E-state index contributed by atoms with van der Waals surface area (Å²) >= 11 is 3.26. The standard InChI is InChI=1S/C12H14BrN3O4S/c1-7(12-14-8(2)15-20-12)16-21(17,18)9-4-5-11(19-3)10(13)6-9/h4-7,16H,1-3H3. The van der Waals surface area contributed by atoms with E-state index in [-0.39, 0.29) is 10.8 Å². The Labute approximate surface area is 130 Å². The number of halogens is 1. The highest BCUT2D eigenvalue weighted by atomic mass is 79.9. The number of hydrogen-bond donors (Lipinski definition) is 1. The summed E-state index contributed by atoms with van der Waals surface area (Å²) in [5, 5.41) is 3.63. The first kappa shape index (κ1) is 15.9. The molecule has 114 valence electrons. The molecule has 1 N–H and O–H groups in total. The summed E-state index contributed by atoms with van der Waals surface area (Å²) in [6.45, 7) is 3.29. The van der Waals surface area contributed by atoms with Crippen LogP contribution >= 0.6 is 15.9 Å². The minimum atomic E-state index is -3.71. The number of rotatable bonds is 5. The monoisotopic (exact) mass is 375 g/mol. The molecule has 9 heteroatoms. The van der Waals surface area contributed by atoms with Crippen molar-refractivity contribution in [3.05, 3.63) is 34.4 Å². The SMILES string of the molecule is COc1ccc(S(=O)(=O)NC(C)c2nc(C)no2)cc1Br. The van der Waals surface area contributed by atoms with Crippen molar-refractivity contribution in [2.75, 3.05) is 7.11 Å². The van der Waals surface area contributed by atoms with Crippen LogP contribution in [0.2, 0.25) is 0 Å². The zero-order valence-electron chi connectivity index (χ0n) is 11.6. The van der Waals surface area contributed by atoms with E-state index in [1.165, 1.54) is 19.2 Å². The van der Waals surface area contributed by atoms with Gasteiger partial charge in [0, 0.05) is 0 Å². The molecule has 0 saturated carbocycles. The van der Waals surface area contributed by atoms with Crippen LogP contribution in [0.4, 0.5) is 0 Å². The molecule has 0 radical (unpaired) electrons. The third-order valence-electron chi connectivity index (χ3n) is 2.68. The van der Waals surface area contributed by atoms with Crippen molar-refractivity contribution >= 4 is 26.0 Å². The summed E-state index contributed by atoms with van der Waals surface area (Å²) in [5.41, 5.74) is 0. The molecule has 0 amide bonds. The zero-order chi connectivity index (χ0) is 15.6. The molecule has 0 spiro atoms. The van der Waals surface area contributed by atoms with Crippen LogP contribution in [-0.4, -0.2) is 25.7 Å². The second-order valence-electron chi connectivity index (χ2n) is 4.32. The van der Waals surface area contributed by atoms with Gasteiger partial charge < -0.3 is 9.26 Å². The van der Waals surface area contributed by atoms with Crippen molar-refractivity contribution in [1.82, 2.24) is 14.9 Å². The van der Waals surface area contributed by atoms with Gasteiger partial charge in [-0.25, -0.2) is 8.42 Å². The van der Waals surface area contributed by atoms with Crippen LogP contribution < -0.4 is 9.46 Å². The smallest absolute Gasteiger partial charge is 0.244 e. The third kappa shape index (κ3) is 3.60. The Hall–Kier alpha value is -1.45. The Morgan fingerprint density at radius 3 is 2.67 bits per heavy atom. The fourth-order valence-corrected chi connectivity index (χ4v) is 3.57. The first-order valence-corrected chi connectivity index (χ1v) is 8.27. The van der Waals surface area contributed by atoms with Crippen molar-refractivity contribution in [2.45, 2.75) is 24.8 Å². The molecule has 0 aliphatic rings. The van der Waals surface area contributed by atoms with Gasteiger partial charge in [-0.05, 0) is 48.0 Å². The summed E-state index contributed by atoms with van der Waals surface area (Å²) in [5.74, 6) is 1.21. The molecule has 1 atom stereocenters. The Kier molecular flexibility index (Phi) is 4.64. The quantitative estimate of drug-likeness (QED) is 0.860. The van der Waals surface area contributed by atoms with E-state index in [1.807, 2.05) is 0 Å². The van der Waals surface area contributed by atoms with Crippen LogP contribution in [0.25, 0.3) is 0 Å². The maximum absolute atomic E-state index is 12.3. The lowest BCUT2D eigenvalue weighted by Gasteiger charge is -2.11. The van der Waals surface area contributed by atoms with Gasteiger partial charge in [0.1, 0.15) is 5.75 Å². The number of aromatic nitrogens is 2. The van der Waals surface area contributed by atoms with E-state index in [0.717, 1.165) is 0 Å². The van der Waals surface area contributed by atoms with Gasteiger partial charge in [0.05, 0.1) is 22.5 Å². The molecule has 0 fully saturated rings. The van der Waals surface area contributed by atoms with Gasteiger partial charge in [0.2, 0.25) is 15.9 Å². The van der Waals surface area contributed by atoms with Gasteiger partial charge in [0.25, 0.3) is 0 Å². The maximum atomic E-state index is 12.3. The third-order valence-corrected chi connectivity index (χ3v) is 4.84. The van der Waals surface area contributed by atoms with Crippen molar-refractivity contribution in [1.29, 1.82) is 0 Å². The molecule has 1 aromatic carbocycles. The molecule has 0 saturated heterocycles. The van der Waals surface area contributed by atoms with E-state index in [1.54, 1.807) is 19.9 Å². The van der Waals surface area contributed by atoms with E-state index in [9.17, 15) is 8.42 Å². The average Bonchev–Trinajstić information content (AvgIpc) is 2.85. The van der Waals surface area contributed by atoms with E-state index in [4.69, 9.17) is 9.26 Å². The fraction of sp³-hybridized carbons (Fsp3) is 0.333. The number of benzene rings is 1. The molecule has 1 heterocycles.